The van der Waals surface area contributed by atoms with Gasteiger partial charge in [-0.1, -0.05) is 0 Å². The highest BCUT2D eigenvalue weighted by molar-refractivity contribution is 5.81. The van der Waals surface area contributed by atoms with E-state index in [-0.39, 0.29) is 5.97 Å². The van der Waals surface area contributed by atoms with Gasteiger partial charge < -0.3 is 14.8 Å². The maximum atomic E-state index is 10.6. The van der Waals surface area contributed by atoms with E-state index >= 15 is 0 Å². The van der Waals surface area contributed by atoms with Crippen molar-refractivity contribution < 1.29 is 14.3 Å². The second-order valence-electron chi connectivity index (χ2n) is 2.58. The van der Waals surface area contributed by atoms with E-state index in [1.807, 2.05) is 0 Å². The Morgan fingerprint density at radius 2 is 2.58 bits per heavy atom. The quantitative estimate of drug-likeness (QED) is 0.481. The fourth-order valence-corrected chi connectivity index (χ4v) is 0.986. The third-order valence-corrected chi connectivity index (χ3v) is 1.68. The van der Waals surface area contributed by atoms with Crippen LogP contribution < -0.4 is 5.32 Å². The summed E-state index contributed by atoms with van der Waals surface area (Å²) in [4.78, 5) is 10.6. The first-order valence-electron chi connectivity index (χ1n) is 3.91. The van der Waals surface area contributed by atoms with E-state index in [0.29, 0.717) is 12.6 Å². The van der Waals surface area contributed by atoms with Crippen LogP contribution in [0.25, 0.3) is 0 Å². The van der Waals surface area contributed by atoms with Crippen LogP contribution in [-0.4, -0.2) is 32.3 Å². The van der Waals surface area contributed by atoms with Gasteiger partial charge in [0.1, 0.15) is 0 Å². The normalized spacial score (nSPS) is 22.9. The lowest BCUT2D eigenvalue weighted by Crippen LogP contribution is -2.24. The molecule has 1 fully saturated rings. The van der Waals surface area contributed by atoms with Gasteiger partial charge in [0.2, 0.25) is 0 Å². The van der Waals surface area contributed by atoms with Crippen molar-refractivity contribution in [3.8, 4) is 0 Å². The SMILES string of the molecule is COC(=O)/C=C/NC1CCOC1. The van der Waals surface area contributed by atoms with Crippen molar-refractivity contribution in [3.05, 3.63) is 12.3 Å². The second-order valence-corrected chi connectivity index (χ2v) is 2.58. The number of methoxy groups -OCH3 is 1. The molecule has 0 saturated carbocycles. The number of carbonyl (C=O) groups is 1. The Labute approximate surface area is 71.5 Å². The molecule has 68 valence electrons. The molecule has 0 aromatic heterocycles. The molecule has 1 N–H and O–H groups in total. The molecule has 1 atom stereocenters. The van der Waals surface area contributed by atoms with Crippen LogP contribution in [0.2, 0.25) is 0 Å². The van der Waals surface area contributed by atoms with E-state index in [4.69, 9.17) is 4.74 Å². The first kappa shape index (κ1) is 9.06. The molecule has 1 rings (SSSR count). The minimum atomic E-state index is -0.346. The number of carbonyl (C=O) groups excluding carboxylic acids is 1. The van der Waals surface area contributed by atoms with Gasteiger partial charge in [0.15, 0.2) is 0 Å². The summed E-state index contributed by atoms with van der Waals surface area (Å²) in [5.41, 5.74) is 0. The standard InChI is InChI=1S/C8H13NO3/c1-11-8(10)2-4-9-7-3-5-12-6-7/h2,4,7,9H,3,5-6H2,1H3/b4-2+. The first-order chi connectivity index (χ1) is 5.83. The lowest BCUT2D eigenvalue weighted by Gasteiger charge is -2.05. The zero-order valence-corrected chi connectivity index (χ0v) is 7.08. The summed E-state index contributed by atoms with van der Waals surface area (Å²) in [6.45, 7) is 1.51. The monoisotopic (exact) mass is 171 g/mol. The van der Waals surface area contributed by atoms with Gasteiger partial charge in [0, 0.05) is 18.9 Å². The minimum Gasteiger partial charge on any atom is -0.466 e. The Morgan fingerprint density at radius 3 is 3.17 bits per heavy atom. The third kappa shape index (κ3) is 2.92. The topological polar surface area (TPSA) is 47.6 Å². The first-order valence-corrected chi connectivity index (χ1v) is 3.91. The van der Waals surface area contributed by atoms with Crippen molar-refractivity contribution in [1.82, 2.24) is 5.32 Å². The van der Waals surface area contributed by atoms with Crippen molar-refractivity contribution in [2.24, 2.45) is 0 Å². The van der Waals surface area contributed by atoms with Gasteiger partial charge in [-0.25, -0.2) is 4.79 Å². The molecular formula is C8H13NO3. The smallest absolute Gasteiger partial charge is 0.331 e. The third-order valence-electron chi connectivity index (χ3n) is 1.68. The van der Waals surface area contributed by atoms with Crippen LogP contribution in [0.1, 0.15) is 6.42 Å². The number of rotatable bonds is 3. The molecule has 0 radical (unpaired) electrons. The summed E-state index contributed by atoms with van der Waals surface area (Å²) in [5, 5.41) is 3.04. The number of hydrogen-bond donors (Lipinski definition) is 1. The van der Waals surface area contributed by atoms with Crippen molar-refractivity contribution in [2.45, 2.75) is 12.5 Å². The van der Waals surface area contributed by atoms with E-state index in [1.54, 1.807) is 6.20 Å². The Balaban J connectivity index is 2.15. The molecule has 1 aliphatic rings. The van der Waals surface area contributed by atoms with Gasteiger partial charge in [-0.3, -0.25) is 0 Å². The van der Waals surface area contributed by atoms with Gasteiger partial charge in [-0.2, -0.15) is 0 Å². The fraction of sp³-hybridized carbons (Fsp3) is 0.625. The van der Waals surface area contributed by atoms with Gasteiger partial charge in [0.05, 0.1) is 19.8 Å². The zero-order valence-electron chi connectivity index (χ0n) is 7.08. The molecule has 1 heterocycles. The summed E-state index contributed by atoms with van der Waals surface area (Å²) in [5.74, 6) is -0.346. The maximum Gasteiger partial charge on any atom is 0.331 e. The molecule has 0 aromatic carbocycles. The van der Waals surface area contributed by atoms with Crippen LogP contribution in [0.15, 0.2) is 12.3 Å². The van der Waals surface area contributed by atoms with E-state index in [0.717, 1.165) is 13.0 Å². The van der Waals surface area contributed by atoms with Gasteiger partial charge in [-0.05, 0) is 6.42 Å². The Kier molecular flexibility index (Phi) is 3.60. The van der Waals surface area contributed by atoms with E-state index in [9.17, 15) is 4.79 Å². The lowest BCUT2D eigenvalue weighted by atomic mass is 10.3. The number of nitrogens with one attached hydrogen (secondary N) is 1. The molecular weight excluding hydrogens is 158 g/mol. The lowest BCUT2D eigenvalue weighted by molar-refractivity contribution is -0.134. The Morgan fingerprint density at radius 1 is 1.75 bits per heavy atom. The van der Waals surface area contributed by atoms with Crippen LogP contribution >= 0.6 is 0 Å². The molecule has 1 aliphatic heterocycles. The highest BCUT2D eigenvalue weighted by Crippen LogP contribution is 2.02. The van der Waals surface area contributed by atoms with Gasteiger partial charge in [0.25, 0.3) is 0 Å². The average molecular weight is 171 g/mol. The predicted molar refractivity (Wildman–Crippen MR) is 43.5 cm³/mol. The van der Waals surface area contributed by atoms with Crippen LogP contribution in [-0.2, 0) is 14.3 Å². The van der Waals surface area contributed by atoms with Crippen LogP contribution in [0.5, 0.6) is 0 Å². The van der Waals surface area contributed by atoms with Crippen LogP contribution in [0.3, 0.4) is 0 Å². The highest BCUT2D eigenvalue weighted by atomic mass is 16.5. The molecule has 0 aromatic rings. The summed E-state index contributed by atoms with van der Waals surface area (Å²) in [6.07, 6.45) is 3.95. The molecule has 0 amide bonds. The molecule has 0 bridgehead atoms. The van der Waals surface area contributed by atoms with Crippen LogP contribution in [0, 0.1) is 0 Å². The number of hydrogen-bond acceptors (Lipinski definition) is 4. The second kappa shape index (κ2) is 4.77. The molecule has 0 spiro atoms. The molecule has 4 heteroatoms. The maximum absolute atomic E-state index is 10.6. The van der Waals surface area contributed by atoms with Gasteiger partial charge >= 0.3 is 5.97 Å². The number of esters is 1. The molecule has 0 aliphatic carbocycles. The summed E-state index contributed by atoms with van der Waals surface area (Å²) in [7, 11) is 1.35. The minimum absolute atomic E-state index is 0.339. The largest absolute Gasteiger partial charge is 0.466 e. The fourth-order valence-electron chi connectivity index (χ4n) is 0.986. The zero-order chi connectivity index (χ0) is 8.81. The molecule has 4 nitrogen and oxygen atoms in total. The summed E-state index contributed by atoms with van der Waals surface area (Å²) >= 11 is 0. The van der Waals surface area contributed by atoms with E-state index < -0.39 is 0 Å². The Hall–Kier alpha value is -1.03. The molecule has 1 saturated heterocycles. The Bertz CT molecular complexity index is 173. The average Bonchev–Trinajstić information content (AvgIpc) is 2.57. The van der Waals surface area contributed by atoms with E-state index in [1.165, 1.54) is 13.2 Å². The van der Waals surface area contributed by atoms with Crippen LogP contribution in [0.4, 0.5) is 0 Å². The molecule has 12 heavy (non-hydrogen) atoms. The van der Waals surface area contributed by atoms with Crippen molar-refractivity contribution in [2.75, 3.05) is 20.3 Å². The van der Waals surface area contributed by atoms with Crippen molar-refractivity contribution >= 4 is 5.97 Å². The predicted octanol–water partition coefficient (Wildman–Crippen LogP) is 0.0516. The van der Waals surface area contributed by atoms with Crippen molar-refractivity contribution in [1.29, 1.82) is 0 Å². The van der Waals surface area contributed by atoms with Crippen molar-refractivity contribution in [3.63, 3.8) is 0 Å². The van der Waals surface area contributed by atoms with Gasteiger partial charge in [-0.15, -0.1) is 0 Å². The highest BCUT2D eigenvalue weighted by Gasteiger charge is 2.12. The summed E-state index contributed by atoms with van der Waals surface area (Å²) in [6, 6.07) is 0.339. The van der Waals surface area contributed by atoms with E-state index in [2.05, 4.69) is 10.1 Å². The molecule has 1 unspecified atom stereocenters. The number of ether oxygens (including phenoxy) is 2. The summed E-state index contributed by atoms with van der Waals surface area (Å²) < 4.78 is 9.55.